The van der Waals surface area contributed by atoms with Crippen LogP contribution in [0.5, 0.6) is 5.75 Å². The Morgan fingerprint density at radius 2 is 1.70 bits per heavy atom. The molecule has 0 atom stereocenters. The van der Waals surface area contributed by atoms with Gasteiger partial charge in [-0.3, -0.25) is 0 Å². The summed E-state index contributed by atoms with van der Waals surface area (Å²) in [5.41, 5.74) is 0.526. The van der Waals surface area contributed by atoms with Crippen LogP contribution in [0, 0.1) is 23.0 Å². The Balaban J connectivity index is 1.65. The highest BCUT2D eigenvalue weighted by molar-refractivity contribution is 5.48. The maximum atomic E-state index is 13.8. The van der Waals surface area contributed by atoms with Gasteiger partial charge in [-0.05, 0) is 24.3 Å². The highest BCUT2D eigenvalue weighted by Crippen LogP contribution is 2.27. The average molecular weight is 314 g/mol. The van der Waals surface area contributed by atoms with E-state index in [1.807, 2.05) is 17.0 Å². The van der Waals surface area contributed by atoms with Crippen molar-refractivity contribution in [2.75, 3.05) is 18.0 Å². The first-order valence-corrected chi connectivity index (χ1v) is 7.54. The molecule has 0 radical (unpaired) electrons. The highest BCUT2D eigenvalue weighted by atomic mass is 19.1. The Bertz CT molecular complexity index is 734. The van der Waals surface area contributed by atoms with E-state index >= 15 is 0 Å². The topological polar surface area (TPSA) is 36.3 Å². The van der Waals surface area contributed by atoms with Crippen LogP contribution in [0.1, 0.15) is 18.4 Å². The first-order chi connectivity index (χ1) is 11.2. The number of hydrogen-bond donors (Lipinski definition) is 0. The monoisotopic (exact) mass is 314 g/mol. The minimum Gasteiger partial charge on any atom is -0.489 e. The fourth-order valence-electron chi connectivity index (χ4n) is 2.81. The zero-order chi connectivity index (χ0) is 16.2. The molecule has 0 spiro atoms. The minimum atomic E-state index is -0.575. The second-order valence-electron chi connectivity index (χ2n) is 5.48. The number of para-hydroxylation sites is 1. The van der Waals surface area contributed by atoms with Crippen molar-refractivity contribution in [2.24, 2.45) is 0 Å². The molecule has 1 aliphatic heterocycles. The van der Waals surface area contributed by atoms with Crippen molar-refractivity contribution in [3.05, 3.63) is 59.7 Å². The van der Waals surface area contributed by atoms with Gasteiger partial charge in [-0.1, -0.05) is 18.2 Å². The van der Waals surface area contributed by atoms with Gasteiger partial charge >= 0.3 is 0 Å². The zero-order valence-electron chi connectivity index (χ0n) is 12.5. The number of benzene rings is 2. The molecular formula is C18H16F2N2O. The number of nitriles is 1. The summed E-state index contributed by atoms with van der Waals surface area (Å²) < 4.78 is 33.2. The molecule has 1 heterocycles. The lowest BCUT2D eigenvalue weighted by Crippen LogP contribution is -2.38. The lowest BCUT2D eigenvalue weighted by atomic mass is 10.1. The van der Waals surface area contributed by atoms with Crippen molar-refractivity contribution in [2.45, 2.75) is 18.9 Å². The van der Waals surface area contributed by atoms with Gasteiger partial charge in [0.1, 0.15) is 35.1 Å². The highest BCUT2D eigenvalue weighted by Gasteiger charge is 2.23. The molecule has 0 saturated carbocycles. The maximum Gasteiger partial charge on any atom is 0.146 e. The van der Waals surface area contributed by atoms with Gasteiger partial charge in [0.25, 0.3) is 0 Å². The van der Waals surface area contributed by atoms with E-state index in [1.165, 1.54) is 18.2 Å². The molecule has 0 amide bonds. The van der Waals surface area contributed by atoms with Gasteiger partial charge in [0.15, 0.2) is 0 Å². The van der Waals surface area contributed by atoms with Crippen LogP contribution in [0.15, 0.2) is 42.5 Å². The predicted octanol–water partition coefficient (Wildman–Crippen LogP) is 3.88. The summed E-state index contributed by atoms with van der Waals surface area (Å²) in [5.74, 6) is -0.533. The molecule has 0 bridgehead atoms. The molecule has 23 heavy (non-hydrogen) atoms. The largest absolute Gasteiger partial charge is 0.489 e. The molecule has 1 aliphatic rings. The van der Waals surface area contributed by atoms with Crippen molar-refractivity contribution in [3.63, 3.8) is 0 Å². The summed E-state index contributed by atoms with van der Waals surface area (Å²) in [5, 5.41) is 9.03. The SMILES string of the molecule is N#Cc1c(F)cccc1OC1CCN(c2ccccc2F)CC1. The van der Waals surface area contributed by atoms with Crippen LogP contribution in [-0.4, -0.2) is 19.2 Å². The van der Waals surface area contributed by atoms with Crippen molar-refractivity contribution in [1.29, 1.82) is 5.26 Å². The van der Waals surface area contributed by atoms with Gasteiger partial charge < -0.3 is 9.64 Å². The quantitative estimate of drug-likeness (QED) is 0.862. The first-order valence-electron chi connectivity index (χ1n) is 7.54. The smallest absolute Gasteiger partial charge is 0.146 e. The van der Waals surface area contributed by atoms with Crippen LogP contribution in [-0.2, 0) is 0 Å². The second-order valence-corrected chi connectivity index (χ2v) is 5.48. The molecule has 5 heteroatoms. The Hall–Kier alpha value is -2.61. The van der Waals surface area contributed by atoms with E-state index in [1.54, 1.807) is 18.2 Å². The fraction of sp³-hybridized carbons (Fsp3) is 0.278. The lowest BCUT2D eigenvalue weighted by molar-refractivity contribution is 0.169. The fourth-order valence-corrected chi connectivity index (χ4v) is 2.81. The Labute approximate surface area is 133 Å². The number of anilines is 1. The van der Waals surface area contributed by atoms with E-state index in [9.17, 15) is 8.78 Å². The molecule has 3 rings (SSSR count). The molecule has 0 aromatic heterocycles. The number of nitrogens with zero attached hydrogens (tertiary/aromatic N) is 2. The van der Waals surface area contributed by atoms with Crippen LogP contribution < -0.4 is 9.64 Å². The van der Waals surface area contributed by atoms with Crippen molar-refractivity contribution >= 4 is 5.69 Å². The van der Waals surface area contributed by atoms with Crippen LogP contribution in [0.3, 0.4) is 0 Å². The lowest BCUT2D eigenvalue weighted by Gasteiger charge is -2.34. The van der Waals surface area contributed by atoms with Gasteiger partial charge in [0.2, 0.25) is 0 Å². The molecule has 2 aromatic rings. The molecule has 3 nitrogen and oxygen atoms in total. The molecular weight excluding hydrogens is 298 g/mol. The molecule has 118 valence electrons. The summed E-state index contributed by atoms with van der Waals surface area (Å²) in [6.07, 6.45) is 1.28. The first kappa shape index (κ1) is 15.3. The number of rotatable bonds is 3. The number of ether oxygens (including phenoxy) is 1. The Morgan fingerprint density at radius 1 is 1.00 bits per heavy atom. The predicted molar refractivity (Wildman–Crippen MR) is 83.4 cm³/mol. The Kier molecular flexibility index (Phi) is 4.42. The number of piperidine rings is 1. The van der Waals surface area contributed by atoms with Crippen molar-refractivity contribution in [1.82, 2.24) is 0 Å². The van der Waals surface area contributed by atoms with E-state index in [2.05, 4.69) is 0 Å². The van der Waals surface area contributed by atoms with E-state index in [4.69, 9.17) is 10.00 Å². The molecule has 1 fully saturated rings. The summed E-state index contributed by atoms with van der Waals surface area (Å²) in [7, 11) is 0. The van der Waals surface area contributed by atoms with E-state index in [0.717, 1.165) is 0 Å². The third-order valence-electron chi connectivity index (χ3n) is 4.02. The average Bonchev–Trinajstić information content (AvgIpc) is 2.56. The van der Waals surface area contributed by atoms with Crippen LogP contribution >= 0.6 is 0 Å². The summed E-state index contributed by atoms with van der Waals surface area (Å²) in [6.45, 7) is 1.31. The molecule has 0 N–H and O–H groups in total. The van der Waals surface area contributed by atoms with Crippen LogP contribution in [0.4, 0.5) is 14.5 Å². The van der Waals surface area contributed by atoms with Gasteiger partial charge in [-0.2, -0.15) is 5.26 Å². The van der Waals surface area contributed by atoms with Gasteiger partial charge in [0, 0.05) is 25.9 Å². The standard InChI is InChI=1S/C18H16F2N2O/c19-15-5-3-7-18(14(15)12-21)23-13-8-10-22(11-9-13)17-6-2-1-4-16(17)20/h1-7,13H,8-11H2. The maximum absolute atomic E-state index is 13.8. The third kappa shape index (κ3) is 3.26. The minimum absolute atomic E-state index is 0.0657. The van der Waals surface area contributed by atoms with Gasteiger partial charge in [-0.25, -0.2) is 8.78 Å². The van der Waals surface area contributed by atoms with E-state index in [0.29, 0.717) is 31.6 Å². The van der Waals surface area contributed by atoms with E-state index in [-0.39, 0.29) is 23.2 Å². The molecule has 0 aliphatic carbocycles. The summed E-state index contributed by atoms with van der Waals surface area (Å²) >= 11 is 0. The molecule has 1 saturated heterocycles. The normalized spacial score (nSPS) is 15.3. The summed E-state index contributed by atoms with van der Waals surface area (Å²) in [4.78, 5) is 1.98. The molecule has 0 unspecified atom stereocenters. The van der Waals surface area contributed by atoms with Crippen LogP contribution in [0.2, 0.25) is 0 Å². The molecule has 2 aromatic carbocycles. The van der Waals surface area contributed by atoms with Crippen molar-refractivity contribution in [3.8, 4) is 11.8 Å². The van der Waals surface area contributed by atoms with Crippen LogP contribution in [0.25, 0.3) is 0 Å². The summed E-state index contributed by atoms with van der Waals surface area (Å²) in [6, 6.07) is 12.9. The second kappa shape index (κ2) is 6.66. The third-order valence-corrected chi connectivity index (χ3v) is 4.02. The number of halogens is 2. The number of hydrogen-bond acceptors (Lipinski definition) is 3. The Morgan fingerprint density at radius 3 is 2.39 bits per heavy atom. The van der Waals surface area contributed by atoms with E-state index < -0.39 is 5.82 Å². The van der Waals surface area contributed by atoms with Gasteiger partial charge in [0.05, 0.1) is 5.69 Å². The van der Waals surface area contributed by atoms with Gasteiger partial charge in [-0.15, -0.1) is 0 Å². The van der Waals surface area contributed by atoms with Crippen molar-refractivity contribution < 1.29 is 13.5 Å². The zero-order valence-corrected chi connectivity index (χ0v) is 12.5.